The molecule has 1 aromatic rings. The molecule has 0 bridgehead atoms. The largest absolute Gasteiger partial charge is 0.412 e. The van der Waals surface area contributed by atoms with E-state index >= 15 is 0 Å². The first kappa shape index (κ1) is 19.8. The van der Waals surface area contributed by atoms with Crippen LogP contribution in [-0.4, -0.2) is 61.6 Å². The third-order valence-electron chi connectivity index (χ3n) is 5.92. The number of imide groups is 1. The van der Waals surface area contributed by atoms with Gasteiger partial charge >= 0.3 is 0 Å². The van der Waals surface area contributed by atoms with Crippen LogP contribution < -0.4 is 0 Å². The Morgan fingerprint density at radius 1 is 1.04 bits per heavy atom. The average Bonchev–Trinajstić information content (AvgIpc) is 3.03. The Kier molecular flexibility index (Phi) is 5.03. The Bertz CT molecular complexity index is 749. The third kappa shape index (κ3) is 3.71. The molecule has 7 heteroatoms. The number of likely N-dealkylation sites (tertiary alicyclic amines) is 1. The average molecular weight is 389 g/mol. The van der Waals surface area contributed by atoms with Crippen molar-refractivity contribution < 1.29 is 18.8 Å². The summed E-state index contributed by atoms with van der Waals surface area (Å²) in [5, 5.41) is 0.0869. The molecule has 2 aliphatic heterocycles. The summed E-state index contributed by atoms with van der Waals surface area (Å²) < 4.78 is 6.36. The quantitative estimate of drug-likeness (QED) is 0.575. The Balaban J connectivity index is 1.59. The Labute approximate surface area is 161 Å². The first-order valence-corrected chi connectivity index (χ1v) is 12.3. The highest BCUT2D eigenvalue weighted by atomic mass is 28.4. The van der Waals surface area contributed by atoms with Gasteiger partial charge in [0.25, 0.3) is 11.8 Å². The molecular weight excluding hydrogens is 360 g/mol. The second kappa shape index (κ2) is 6.87. The minimum absolute atomic E-state index is 0.0234. The molecule has 0 spiro atoms. The van der Waals surface area contributed by atoms with Crippen molar-refractivity contribution in [2.45, 2.75) is 51.4 Å². The van der Waals surface area contributed by atoms with Crippen molar-refractivity contribution >= 4 is 26.0 Å². The molecule has 1 fully saturated rings. The molecule has 1 atom stereocenters. The van der Waals surface area contributed by atoms with E-state index in [0.717, 1.165) is 0 Å². The van der Waals surface area contributed by atoms with Crippen LogP contribution >= 0.6 is 0 Å². The summed E-state index contributed by atoms with van der Waals surface area (Å²) in [6.07, 6.45) is 0.259. The summed E-state index contributed by atoms with van der Waals surface area (Å²) in [5.74, 6) is -0.539. The van der Waals surface area contributed by atoms with Gasteiger partial charge in [-0.25, -0.2) is 0 Å². The van der Waals surface area contributed by atoms with Gasteiger partial charge in [0.15, 0.2) is 8.32 Å². The summed E-state index contributed by atoms with van der Waals surface area (Å²) in [7, 11) is -1.94. The Hall–Kier alpha value is -1.99. The summed E-state index contributed by atoms with van der Waals surface area (Å²) in [6.45, 7) is 12.0. The molecule has 0 unspecified atom stereocenters. The lowest BCUT2D eigenvalue weighted by Crippen LogP contribution is -2.45. The van der Waals surface area contributed by atoms with Crippen molar-refractivity contribution in [3.05, 3.63) is 35.4 Å². The van der Waals surface area contributed by atoms with Gasteiger partial charge in [0.05, 0.1) is 23.7 Å². The van der Waals surface area contributed by atoms with Gasteiger partial charge in [0.2, 0.25) is 5.91 Å². The zero-order chi connectivity index (χ0) is 20.0. The van der Waals surface area contributed by atoms with Gasteiger partial charge in [0, 0.05) is 19.6 Å². The van der Waals surface area contributed by atoms with E-state index in [0.29, 0.717) is 30.6 Å². The van der Waals surface area contributed by atoms with Crippen molar-refractivity contribution in [3.63, 3.8) is 0 Å². The van der Waals surface area contributed by atoms with Crippen LogP contribution in [0.15, 0.2) is 24.3 Å². The van der Waals surface area contributed by atoms with E-state index in [1.165, 1.54) is 4.90 Å². The van der Waals surface area contributed by atoms with E-state index in [2.05, 4.69) is 33.9 Å². The molecular formula is C20H28N2O4Si. The highest BCUT2D eigenvalue weighted by Crippen LogP contribution is 2.38. The van der Waals surface area contributed by atoms with E-state index < -0.39 is 8.32 Å². The number of rotatable bonds is 5. The standard InChI is InChI=1S/C20H28N2O4Si/c1-20(2,3)27(4,5)26-14-12-17(23)21(13-14)10-11-22-18(24)15-8-6-7-9-16(15)19(22)25/h6-9,14H,10-13H2,1-5H3/t14-/m1/s1. The van der Waals surface area contributed by atoms with Gasteiger partial charge in [0.1, 0.15) is 0 Å². The Morgan fingerprint density at radius 3 is 2.11 bits per heavy atom. The molecule has 3 rings (SSSR count). The van der Waals surface area contributed by atoms with Crippen LogP contribution in [-0.2, 0) is 9.22 Å². The van der Waals surface area contributed by atoms with E-state index in [1.54, 1.807) is 29.2 Å². The third-order valence-corrected chi connectivity index (χ3v) is 10.5. The van der Waals surface area contributed by atoms with E-state index in [4.69, 9.17) is 4.43 Å². The van der Waals surface area contributed by atoms with Crippen LogP contribution in [0.5, 0.6) is 0 Å². The predicted octanol–water partition coefficient (Wildman–Crippen LogP) is 2.91. The molecule has 0 aromatic heterocycles. The maximum atomic E-state index is 12.4. The number of hydrogen-bond donors (Lipinski definition) is 0. The van der Waals surface area contributed by atoms with Gasteiger partial charge in [-0.3, -0.25) is 19.3 Å². The lowest BCUT2D eigenvalue weighted by atomic mass is 10.1. The topological polar surface area (TPSA) is 66.9 Å². The molecule has 0 aliphatic carbocycles. The number of amides is 3. The zero-order valence-corrected chi connectivity index (χ0v) is 17.7. The molecule has 6 nitrogen and oxygen atoms in total. The molecule has 1 aromatic carbocycles. The summed E-state index contributed by atoms with van der Waals surface area (Å²) in [5.41, 5.74) is 0.878. The number of benzene rings is 1. The summed E-state index contributed by atoms with van der Waals surface area (Å²) in [6, 6.07) is 6.83. The van der Waals surface area contributed by atoms with Crippen molar-refractivity contribution in [1.82, 2.24) is 9.80 Å². The number of hydrogen-bond acceptors (Lipinski definition) is 4. The molecule has 0 radical (unpaired) electrons. The van der Waals surface area contributed by atoms with E-state index in [1.807, 2.05) is 0 Å². The van der Waals surface area contributed by atoms with Crippen molar-refractivity contribution in [1.29, 1.82) is 0 Å². The van der Waals surface area contributed by atoms with Gasteiger partial charge in [-0.05, 0) is 30.3 Å². The van der Waals surface area contributed by atoms with Gasteiger partial charge in [-0.2, -0.15) is 0 Å². The molecule has 2 aliphatic rings. The lowest BCUT2D eigenvalue weighted by Gasteiger charge is -2.38. The molecule has 0 N–H and O–H groups in total. The second-order valence-electron chi connectivity index (χ2n) is 8.85. The van der Waals surface area contributed by atoms with E-state index in [9.17, 15) is 14.4 Å². The highest BCUT2D eigenvalue weighted by Gasteiger charge is 2.42. The van der Waals surface area contributed by atoms with E-state index in [-0.39, 0.29) is 35.4 Å². The molecule has 0 saturated carbocycles. The van der Waals surface area contributed by atoms with Crippen molar-refractivity contribution in [3.8, 4) is 0 Å². The van der Waals surface area contributed by atoms with Crippen LogP contribution in [0.25, 0.3) is 0 Å². The van der Waals surface area contributed by atoms with Crippen LogP contribution in [0.4, 0.5) is 0 Å². The Morgan fingerprint density at radius 2 is 1.59 bits per heavy atom. The zero-order valence-electron chi connectivity index (χ0n) is 16.7. The minimum Gasteiger partial charge on any atom is -0.412 e. The van der Waals surface area contributed by atoms with Crippen molar-refractivity contribution in [2.75, 3.05) is 19.6 Å². The van der Waals surface area contributed by atoms with Gasteiger partial charge in [-0.15, -0.1) is 0 Å². The minimum atomic E-state index is -1.94. The first-order valence-electron chi connectivity index (χ1n) is 9.42. The molecule has 1 saturated heterocycles. The number of carbonyl (C=O) groups is 3. The smallest absolute Gasteiger partial charge is 0.261 e. The fourth-order valence-electron chi connectivity index (χ4n) is 3.29. The van der Waals surface area contributed by atoms with Crippen LogP contribution in [0.2, 0.25) is 18.1 Å². The highest BCUT2D eigenvalue weighted by molar-refractivity contribution is 6.74. The number of fused-ring (bicyclic) bond motifs is 1. The maximum absolute atomic E-state index is 12.4. The van der Waals surface area contributed by atoms with Gasteiger partial charge in [-0.1, -0.05) is 32.9 Å². The normalized spacial score (nSPS) is 20.6. The monoisotopic (exact) mass is 388 g/mol. The SMILES string of the molecule is CC(C)(C)[Si](C)(C)O[C@@H]1CC(=O)N(CCN2C(=O)c3ccccc3C2=O)C1. The molecule has 27 heavy (non-hydrogen) atoms. The van der Waals surface area contributed by atoms with Crippen LogP contribution in [0, 0.1) is 0 Å². The summed E-state index contributed by atoms with van der Waals surface area (Å²) in [4.78, 5) is 40.2. The molecule has 3 amide bonds. The first-order chi connectivity index (χ1) is 12.5. The fraction of sp³-hybridized carbons (Fsp3) is 0.550. The number of nitrogens with zero attached hydrogens (tertiary/aromatic N) is 2. The molecule has 146 valence electrons. The van der Waals surface area contributed by atoms with Crippen LogP contribution in [0.1, 0.15) is 47.9 Å². The van der Waals surface area contributed by atoms with Crippen LogP contribution in [0.3, 0.4) is 0 Å². The predicted molar refractivity (Wildman–Crippen MR) is 105 cm³/mol. The number of carbonyl (C=O) groups excluding carboxylic acids is 3. The summed E-state index contributed by atoms with van der Waals surface area (Å²) >= 11 is 0. The van der Waals surface area contributed by atoms with Gasteiger partial charge < -0.3 is 9.33 Å². The van der Waals surface area contributed by atoms with Crippen molar-refractivity contribution in [2.24, 2.45) is 0 Å². The lowest BCUT2D eigenvalue weighted by molar-refractivity contribution is -0.127. The molecule has 2 heterocycles. The second-order valence-corrected chi connectivity index (χ2v) is 13.6. The maximum Gasteiger partial charge on any atom is 0.261 e. The fourth-order valence-corrected chi connectivity index (χ4v) is 4.63.